The number of rotatable bonds is 15. The van der Waals surface area contributed by atoms with Crippen LogP contribution in [0.3, 0.4) is 0 Å². The maximum atomic E-state index is 14.1. The van der Waals surface area contributed by atoms with E-state index in [9.17, 15) is 31.5 Å². The Hall–Kier alpha value is -4.42. The summed E-state index contributed by atoms with van der Waals surface area (Å²) in [6.45, 7) is 7.92. The van der Waals surface area contributed by atoms with Crippen LogP contribution in [-0.2, 0) is 40.6 Å². The number of aliphatic hydroxyl groups excluding tert-OH is 1. The van der Waals surface area contributed by atoms with Crippen LogP contribution >= 0.6 is 0 Å². The molecule has 3 N–H and O–H groups in total. The molecule has 58 heavy (non-hydrogen) atoms. The van der Waals surface area contributed by atoms with Crippen molar-refractivity contribution in [3.63, 3.8) is 0 Å². The van der Waals surface area contributed by atoms with Gasteiger partial charge < -0.3 is 39.4 Å². The smallest absolute Gasteiger partial charge is 0.407 e. The summed E-state index contributed by atoms with van der Waals surface area (Å²) < 4.78 is 83.1. The van der Waals surface area contributed by atoms with E-state index < -0.39 is 55.5 Å². The van der Waals surface area contributed by atoms with Crippen molar-refractivity contribution in [3.05, 3.63) is 72.3 Å². The summed E-state index contributed by atoms with van der Waals surface area (Å²) in [5, 5.41) is 15.3. The maximum absolute atomic E-state index is 14.1. The molecule has 2 amide bonds. The number of carbonyl (C=O) groups is 2. The normalized spacial score (nSPS) is 18.9. The van der Waals surface area contributed by atoms with Crippen LogP contribution < -0.4 is 20.1 Å². The highest BCUT2D eigenvalue weighted by atomic mass is 32.2. The Balaban J connectivity index is 0.982. The first-order chi connectivity index (χ1) is 27.5. The van der Waals surface area contributed by atoms with Crippen molar-refractivity contribution in [2.45, 2.75) is 105 Å². The van der Waals surface area contributed by atoms with Crippen LogP contribution in [0.1, 0.15) is 65.4 Å². The van der Waals surface area contributed by atoms with Crippen molar-refractivity contribution in [3.8, 4) is 22.6 Å². The molecule has 0 unspecified atom stereocenters. The molecular weight excluding hydrogens is 791 g/mol. The number of sulfonamides is 1. The molecule has 0 radical (unpaired) electrons. The molecule has 15 nitrogen and oxygen atoms in total. The number of ether oxygens (including phenoxy) is 5. The van der Waals surface area contributed by atoms with Gasteiger partial charge >= 0.3 is 12.2 Å². The van der Waals surface area contributed by atoms with Crippen LogP contribution in [-0.4, -0.2) is 107 Å². The number of hydrogen-bond acceptors (Lipinski definition) is 12. The third kappa shape index (κ3) is 11.0. The van der Waals surface area contributed by atoms with Gasteiger partial charge in [-0.3, -0.25) is 0 Å². The quantitative estimate of drug-likeness (QED) is 0.181. The van der Waals surface area contributed by atoms with Gasteiger partial charge in [-0.1, -0.05) is 36.4 Å². The molecule has 1 saturated carbocycles. The summed E-state index contributed by atoms with van der Waals surface area (Å²) in [5.41, 5.74) is 1.07. The highest BCUT2D eigenvalue weighted by molar-refractivity contribution is 7.92. The zero-order valence-corrected chi connectivity index (χ0v) is 34.9. The molecule has 1 spiro atoms. The average molecular weight is 844 g/mol. The Morgan fingerprint density at radius 3 is 2.31 bits per heavy atom. The van der Waals surface area contributed by atoms with Crippen molar-refractivity contribution in [1.82, 2.24) is 14.9 Å². The molecular formula is C41H53N3O12S2. The minimum atomic E-state index is -3.98. The van der Waals surface area contributed by atoms with Gasteiger partial charge in [-0.25, -0.2) is 26.4 Å². The number of sulfone groups is 1. The van der Waals surface area contributed by atoms with E-state index in [-0.39, 0.29) is 66.8 Å². The second-order valence-corrected chi connectivity index (χ2v) is 20.0. The summed E-state index contributed by atoms with van der Waals surface area (Å²) in [5.74, 6) is 0.555. The van der Waals surface area contributed by atoms with Gasteiger partial charge in [0, 0.05) is 26.1 Å². The van der Waals surface area contributed by atoms with Crippen LogP contribution in [0.4, 0.5) is 9.59 Å². The van der Waals surface area contributed by atoms with E-state index in [0.717, 1.165) is 11.1 Å². The van der Waals surface area contributed by atoms with Gasteiger partial charge in [0.2, 0.25) is 10.0 Å². The van der Waals surface area contributed by atoms with Crippen LogP contribution in [0.2, 0.25) is 0 Å². The SMILES string of the molecule is CCOc1ccc(-c2ccc(CNC(=O)OC(C)(C)C)cc2)cc1S(=O)(=O)N1CCC2(CC1)C[C@H](OC(=O)NC[C@H](O)COc1cccc(S(=O)(=O)C3CC3)c1)CO2. The molecule has 2 heterocycles. The van der Waals surface area contributed by atoms with Gasteiger partial charge in [-0.05, 0) is 100 Å². The van der Waals surface area contributed by atoms with Crippen molar-refractivity contribution >= 4 is 32.0 Å². The Kier molecular flexibility index (Phi) is 13.3. The zero-order valence-electron chi connectivity index (χ0n) is 33.3. The topological polar surface area (TPSA) is 196 Å². The van der Waals surface area contributed by atoms with Gasteiger partial charge in [-0.15, -0.1) is 0 Å². The van der Waals surface area contributed by atoms with E-state index in [2.05, 4.69) is 10.6 Å². The maximum Gasteiger partial charge on any atom is 0.407 e. The first-order valence-electron chi connectivity index (χ1n) is 19.5. The lowest BCUT2D eigenvalue weighted by Gasteiger charge is -2.38. The van der Waals surface area contributed by atoms with E-state index in [1.54, 1.807) is 52.0 Å². The number of alkyl carbamates (subject to hydrolysis) is 2. The number of aliphatic hydroxyl groups is 1. The van der Waals surface area contributed by atoms with Gasteiger partial charge in [0.05, 0.1) is 35.5 Å². The standard InChI is InChI=1S/C41H53N3O12S2/c1-5-52-36-16-13-30(29-11-9-28(10-12-29)24-42-39(47)56-40(2,3)4)21-37(36)58(50,51)44-19-17-41(18-20-44)23-33(27-54-41)55-38(46)43-25-31(45)26-53-32-7-6-8-35(22-32)57(48,49)34-14-15-34/h6-13,16,21-22,31,33-34,45H,5,14-15,17-20,23-27H2,1-4H3,(H,42,47)(H,43,46)/t31-,33-/m0/s1. The van der Waals surface area contributed by atoms with E-state index in [4.69, 9.17) is 23.7 Å². The largest absolute Gasteiger partial charge is 0.492 e. The van der Waals surface area contributed by atoms with E-state index in [1.165, 1.54) is 16.4 Å². The predicted octanol–water partition coefficient (Wildman–Crippen LogP) is 5.19. The van der Waals surface area contributed by atoms with Gasteiger partial charge in [0.1, 0.15) is 40.8 Å². The molecule has 2 atom stereocenters. The van der Waals surface area contributed by atoms with Crippen LogP contribution in [0.5, 0.6) is 11.5 Å². The summed E-state index contributed by atoms with van der Waals surface area (Å²) in [4.78, 5) is 24.9. The van der Waals surface area contributed by atoms with E-state index >= 15 is 0 Å². The van der Waals surface area contributed by atoms with E-state index in [0.29, 0.717) is 43.4 Å². The molecule has 1 aliphatic carbocycles. The highest BCUT2D eigenvalue weighted by Crippen LogP contribution is 2.40. The summed E-state index contributed by atoms with van der Waals surface area (Å²) in [6.07, 6.45) is -0.413. The lowest BCUT2D eigenvalue weighted by Crippen LogP contribution is -2.46. The Morgan fingerprint density at radius 2 is 1.64 bits per heavy atom. The summed E-state index contributed by atoms with van der Waals surface area (Å²) in [6, 6.07) is 18.7. The first kappa shape index (κ1) is 43.2. The number of nitrogens with zero attached hydrogens (tertiary/aromatic N) is 1. The lowest BCUT2D eigenvalue weighted by atomic mass is 9.89. The molecule has 2 aliphatic heterocycles. The second-order valence-electron chi connectivity index (χ2n) is 15.8. The van der Waals surface area contributed by atoms with Crippen molar-refractivity contribution in [2.75, 3.05) is 39.5 Å². The molecule has 3 aliphatic rings. The van der Waals surface area contributed by atoms with Gasteiger partial charge in [0.15, 0.2) is 9.84 Å². The zero-order chi connectivity index (χ0) is 41.7. The monoisotopic (exact) mass is 843 g/mol. The Morgan fingerprint density at radius 1 is 0.931 bits per heavy atom. The molecule has 0 aromatic heterocycles. The predicted molar refractivity (Wildman–Crippen MR) is 214 cm³/mol. The molecule has 3 fully saturated rings. The fourth-order valence-electron chi connectivity index (χ4n) is 6.92. The van der Waals surface area contributed by atoms with Crippen molar-refractivity contribution in [1.29, 1.82) is 0 Å². The molecule has 0 bridgehead atoms. The van der Waals surface area contributed by atoms with Crippen LogP contribution in [0.25, 0.3) is 11.1 Å². The molecule has 316 valence electrons. The fourth-order valence-corrected chi connectivity index (χ4v) is 10.2. The Labute approximate surface area is 340 Å². The molecule has 6 rings (SSSR count). The number of hydrogen-bond donors (Lipinski definition) is 3. The first-order valence-corrected chi connectivity index (χ1v) is 22.5. The highest BCUT2D eigenvalue weighted by Gasteiger charge is 2.46. The summed E-state index contributed by atoms with van der Waals surface area (Å²) >= 11 is 0. The second kappa shape index (κ2) is 17.8. The molecule has 2 saturated heterocycles. The summed E-state index contributed by atoms with van der Waals surface area (Å²) in [7, 11) is -7.36. The third-order valence-corrected chi connectivity index (χ3v) is 14.3. The van der Waals surface area contributed by atoms with Crippen molar-refractivity contribution < 1.29 is 55.2 Å². The molecule has 3 aromatic carbocycles. The number of piperidine rings is 1. The van der Waals surface area contributed by atoms with Crippen LogP contribution in [0, 0.1) is 0 Å². The molecule has 3 aromatic rings. The van der Waals surface area contributed by atoms with Crippen molar-refractivity contribution in [2.24, 2.45) is 0 Å². The number of carbonyl (C=O) groups excluding carboxylic acids is 2. The average Bonchev–Trinajstić information content (AvgIpc) is 3.99. The van der Waals surface area contributed by atoms with E-state index in [1.807, 2.05) is 30.3 Å². The lowest BCUT2D eigenvalue weighted by molar-refractivity contribution is -0.0325. The molecule has 17 heteroatoms. The fraction of sp³-hybridized carbons (Fsp3) is 0.512. The van der Waals surface area contributed by atoms with Crippen LogP contribution in [0.15, 0.2) is 76.5 Å². The minimum absolute atomic E-state index is 0.0614. The number of nitrogens with one attached hydrogen (secondary N) is 2. The minimum Gasteiger partial charge on any atom is -0.492 e. The number of amides is 2. The Bertz CT molecular complexity index is 2140. The third-order valence-electron chi connectivity index (χ3n) is 10.1. The van der Waals surface area contributed by atoms with Gasteiger partial charge in [0.25, 0.3) is 0 Å². The number of benzene rings is 3. The van der Waals surface area contributed by atoms with Gasteiger partial charge in [-0.2, -0.15) is 4.31 Å².